The summed E-state index contributed by atoms with van der Waals surface area (Å²) in [6, 6.07) is 0. The maximum absolute atomic E-state index is 11.2. The lowest BCUT2D eigenvalue weighted by Crippen LogP contribution is -2.29. The molecule has 2 unspecified atom stereocenters. The van der Waals surface area contributed by atoms with Gasteiger partial charge in [-0.2, -0.15) is 0 Å². The molecule has 70 valence electrons. The minimum Gasteiger partial charge on any atom is -0.318 e. The van der Waals surface area contributed by atoms with Crippen LogP contribution in [0.4, 0.5) is 0 Å². The number of rotatable bonds is 1. The van der Waals surface area contributed by atoms with Gasteiger partial charge in [0.2, 0.25) is 0 Å². The number of sulfone groups is 1. The van der Waals surface area contributed by atoms with Gasteiger partial charge in [0.05, 0.1) is 11.5 Å². The Morgan fingerprint density at radius 2 is 1.75 bits per heavy atom. The molecular formula is C7H14N2O2S. The first kappa shape index (κ1) is 8.47. The maximum Gasteiger partial charge on any atom is 0.150 e. The van der Waals surface area contributed by atoms with Gasteiger partial charge in [-0.1, -0.05) is 0 Å². The van der Waals surface area contributed by atoms with Crippen LogP contribution in [0.3, 0.4) is 0 Å². The quantitative estimate of drug-likeness (QED) is 0.569. The smallest absolute Gasteiger partial charge is 0.150 e. The van der Waals surface area contributed by atoms with E-state index in [9.17, 15) is 8.42 Å². The van der Waals surface area contributed by atoms with Crippen molar-refractivity contribution in [1.82, 2.24) is 4.90 Å². The van der Waals surface area contributed by atoms with Gasteiger partial charge in [-0.25, -0.2) is 8.42 Å². The summed E-state index contributed by atoms with van der Waals surface area (Å²) in [5.74, 6) is 1.49. The summed E-state index contributed by atoms with van der Waals surface area (Å²) in [4.78, 5) is 2.13. The summed E-state index contributed by atoms with van der Waals surface area (Å²) in [7, 11) is -2.70. The predicted octanol–water partition coefficient (Wildman–Crippen LogP) is -1.12. The molecular weight excluding hydrogens is 176 g/mol. The molecule has 0 radical (unpaired) electrons. The minimum atomic E-state index is -2.70. The highest BCUT2D eigenvalue weighted by Gasteiger charge is 2.42. The van der Waals surface area contributed by atoms with E-state index in [-0.39, 0.29) is 0 Å². The van der Waals surface area contributed by atoms with Gasteiger partial charge in [0, 0.05) is 19.8 Å². The zero-order valence-corrected chi connectivity index (χ0v) is 7.76. The Kier molecular flexibility index (Phi) is 1.89. The summed E-state index contributed by atoms with van der Waals surface area (Å²) in [6.07, 6.45) is 0. The lowest BCUT2D eigenvalue weighted by molar-refractivity contribution is 0.333. The maximum atomic E-state index is 11.2. The number of hydrogen-bond acceptors (Lipinski definition) is 4. The molecule has 0 aromatic rings. The van der Waals surface area contributed by atoms with Crippen LogP contribution in [0.15, 0.2) is 0 Å². The van der Waals surface area contributed by atoms with Gasteiger partial charge in [-0.15, -0.1) is 0 Å². The second-order valence-electron chi connectivity index (χ2n) is 3.82. The Balaban J connectivity index is 2.07. The second kappa shape index (κ2) is 2.68. The van der Waals surface area contributed by atoms with Gasteiger partial charge in [-0.3, -0.25) is 4.90 Å². The molecule has 0 spiro atoms. The molecule has 2 heterocycles. The van der Waals surface area contributed by atoms with Crippen molar-refractivity contribution < 1.29 is 8.42 Å². The number of likely N-dealkylation sites (tertiary alicyclic amines) is 1. The van der Waals surface area contributed by atoms with E-state index in [0.29, 0.717) is 30.0 Å². The van der Waals surface area contributed by atoms with Crippen LogP contribution < -0.4 is 5.73 Å². The fraction of sp³-hybridized carbons (Fsp3) is 1.00. The van der Waals surface area contributed by atoms with Crippen LogP contribution in [0.2, 0.25) is 0 Å². The van der Waals surface area contributed by atoms with Gasteiger partial charge < -0.3 is 5.73 Å². The molecule has 12 heavy (non-hydrogen) atoms. The third-order valence-corrected chi connectivity index (χ3v) is 4.72. The van der Waals surface area contributed by atoms with Crippen molar-refractivity contribution >= 4 is 9.84 Å². The van der Waals surface area contributed by atoms with E-state index in [1.807, 2.05) is 0 Å². The highest BCUT2D eigenvalue weighted by Crippen LogP contribution is 2.31. The molecule has 4 nitrogen and oxygen atoms in total. The second-order valence-corrected chi connectivity index (χ2v) is 5.97. The summed E-state index contributed by atoms with van der Waals surface area (Å²) in [6.45, 7) is 2.31. The van der Waals surface area contributed by atoms with Crippen LogP contribution >= 0.6 is 0 Å². The minimum absolute atomic E-state index is 0.360. The van der Waals surface area contributed by atoms with Crippen molar-refractivity contribution in [2.75, 3.05) is 31.3 Å². The molecule has 2 aliphatic rings. The molecule has 2 fully saturated rings. The van der Waals surface area contributed by atoms with E-state index < -0.39 is 9.84 Å². The van der Waals surface area contributed by atoms with E-state index in [2.05, 4.69) is 4.90 Å². The average Bonchev–Trinajstić information content (AvgIpc) is 2.40. The summed E-state index contributed by atoms with van der Waals surface area (Å²) in [5.41, 5.74) is 5.48. The monoisotopic (exact) mass is 190 g/mol. The van der Waals surface area contributed by atoms with E-state index in [1.54, 1.807) is 0 Å². The molecule has 0 aliphatic carbocycles. The van der Waals surface area contributed by atoms with E-state index in [0.717, 1.165) is 13.1 Å². The molecule has 2 rings (SSSR count). The largest absolute Gasteiger partial charge is 0.318 e. The standard InChI is InChI=1S/C7H14N2O2S/c8-5-9-1-6-3-12(10,11)4-7(6)2-9/h6-7H,1-5,8H2. The zero-order valence-electron chi connectivity index (χ0n) is 6.94. The molecule has 0 saturated carbocycles. The Bertz CT molecular complexity index is 255. The molecule has 5 heteroatoms. The summed E-state index contributed by atoms with van der Waals surface area (Å²) < 4.78 is 22.4. The van der Waals surface area contributed by atoms with Crippen LogP contribution in [0.25, 0.3) is 0 Å². The molecule has 0 aromatic heterocycles. The van der Waals surface area contributed by atoms with Gasteiger partial charge in [-0.05, 0) is 11.8 Å². The Morgan fingerprint density at radius 1 is 1.25 bits per heavy atom. The van der Waals surface area contributed by atoms with Crippen molar-refractivity contribution in [2.24, 2.45) is 17.6 Å². The van der Waals surface area contributed by atoms with Crippen molar-refractivity contribution in [1.29, 1.82) is 0 Å². The molecule has 0 aromatic carbocycles. The SMILES string of the molecule is NCN1CC2CS(=O)(=O)CC2C1. The van der Waals surface area contributed by atoms with Gasteiger partial charge in [0.25, 0.3) is 0 Å². The lowest BCUT2D eigenvalue weighted by atomic mass is 10.0. The summed E-state index contributed by atoms with van der Waals surface area (Å²) in [5, 5.41) is 0. The first-order chi connectivity index (χ1) is 5.61. The highest BCUT2D eigenvalue weighted by atomic mass is 32.2. The fourth-order valence-corrected chi connectivity index (χ4v) is 4.48. The van der Waals surface area contributed by atoms with Crippen LogP contribution in [-0.2, 0) is 9.84 Å². The first-order valence-corrected chi connectivity index (χ1v) is 6.06. The van der Waals surface area contributed by atoms with E-state index >= 15 is 0 Å². The zero-order chi connectivity index (χ0) is 8.77. The summed E-state index contributed by atoms with van der Waals surface area (Å²) >= 11 is 0. The molecule has 2 aliphatic heterocycles. The van der Waals surface area contributed by atoms with Gasteiger partial charge >= 0.3 is 0 Å². The van der Waals surface area contributed by atoms with Crippen molar-refractivity contribution in [3.05, 3.63) is 0 Å². The van der Waals surface area contributed by atoms with Crippen molar-refractivity contribution in [3.63, 3.8) is 0 Å². The predicted molar refractivity (Wildman–Crippen MR) is 46.3 cm³/mol. The molecule has 0 bridgehead atoms. The number of hydrogen-bond donors (Lipinski definition) is 1. The Hall–Kier alpha value is -0.130. The third-order valence-electron chi connectivity index (χ3n) is 2.85. The van der Waals surface area contributed by atoms with E-state index in [4.69, 9.17) is 5.73 Å². The van der Waals surface area contributed by atoms with Crippen LogP contribution in [-0.4, -0.2) is 44.6 Å². The van der Waals surface area contributed by atoms with Crippen LogP contribution in [0.1, 0.15) is 0 Å². The van der Waals surface area contributed by atoms with Gasteiger partial charge in [0.15, 0.2) is 9.84 Å². The number of nitrogens with zero attached hydrogens (tertiary/aromatic N) is 1. The van der Waals surface area contributed by atoms with Crippen molar-refractivity contribution in [3.8, 4) is 0 Å². The Morgan fingerprint density at radius 3 is 2.17 bits per heavy atom. The average molecular weight is 190 g/mol. The normalized spacial score (nSPS) is 40.1. The molecule has 2 N–H and O–H groups in total. The third kappa shape index (κ3) is 1.36. The van der Waals surface area contributed by atoms with Crippen LogP contribution in [0, 0.1) is 11.8 Å². The number of nitrogens with two attached hydrogens (primary N) is 1. The molecule has 2 atom stereocenters. The van der Waals surface area contributed by atoms with E-state index in [1.165, 1.54) is 0 Å². The lowest BCUT2D eigenvalue weighted by Gasteiger charge is -2.12. The van der Waals surface area contributed by atoms with Gasteiger partial charge in [0.1, 0.15) is 0 Å². The van der Waals surface area contributed by atoms with Crippen LogP contribution in [0.5, 0.6) is 0 Å². The number of fused-ring (bicyclic) bond motifs is 1. The molecule has 0 amide bonds. The first-order valence-electron chi connectivity index (χ1n) is 4.23. The fourth-order valence-electron chi connectivity index (χ4n) is 2.28. The topological polar surface area (TPSA) is 63.4 Å². The molecule has 2 saturated heterocycles. The van der Waals surface area contributed by atoms with Crippen molar-refractivity contribution in [2.45, 2.75) is 0 Å². The Labute approximate surface area is 72.6 Å². The highest BCUT2D eigenvalue weighted by molar-refractivity contribution is 7.91.